The molecule has 9 heteroatoms. The first kappa shape index (κ1) is 26.0. The second-order valence-electron chi connectivity index (χ2n) is 7.93. The van der Waals surface area contributed by atoms with Crippen molar-refractivity contribution in [3.8, 4) is 11.5 Å². The van der Waals surface area contributed by atoms with Crippen LogP contribution in [0.3, 0.4) is 0 Å². The molecule has 0 spiro atoms. The third-order valence-corrected chi connectivity index (χ3v) is 7.19. The van der Waals surface area contributed by atoms with Crippen molar-refractivity contribution in [1.29, 1.82) is 0 Å². The van der Waals surface area contributed by atoms with Crippen LogP contribution in [0.25, 0.3) is 0 Å². The third kappa shape index (κ3) is 6.10. The van der Waals surface area contributed by atoms with E-state index in [1.165, 1.54) is 31.2 Å². The molecule has 0 saturated carbocycles. The maximum atomic E-state index is 14.1. The predicted molar refractivity (Wildman–Crippen MR) is 133 cm³/mol. The molecule has 3 rings (SSSR count). The Morgan fingerprint density at radius 3 is 2.34 bits per heavy atom. The van der Waals surface area contributed by atoms with E-state index in [1.54, 1.807) is 61.5 Å². The number of carbonyl (C=O) groups is 1. The number of likely N-dealkylation sites (N-methyl/N-ethyl adjacent to an activating group) is 1. The highest BCUT2D eigenvalue weighted by Gasteiger charge is 2.31. The van der Waals surface area contributed by atoms with Gasteiger partial charge >= 0.3 is 0 Å². The molecule has 0 heterocycles. The zero-order chi connectivity index (χ0) is 25.6. The quantitative estimate of drug-likeness (QED) is 0.413. The smallest absolute Gasteiger partial charge is 0.268 e. The van der Waals surface area contributed by atoms with Crippen molar-refractivity contribution in [2.24, 2.45) is 0 Å². The number of sulfonamides is 1. The van der Waals surface area contributed by atoms with E-state index in [2.05, 4.69) is 0 Å². The summed E-state index contributed by atoms with van der Waals surface area (Å²) in [7, 11) is -1.32. The van der Waals surface area contributed by atoms with Crippen molar-refractivity contribution in [2.75, 3.05) is 31.6 Å². The summed E-state index contributed by atoms with van der Waals surface area (Å²) in [5.41, 5.74) is 1.34. The molecule has 0 saturated heterocycles. The summed E-state index contributed by atoms with van der Waals surface area (Å²) in [4.78, 5) is 14.4. The first-order valence-electron chi connectivity index (χ1n) is 11.0. The van der Waals surface area contributed by atoms with Crippen LogP contribution in [0.2, 0.25) is 0 Å². The van der Waals surface area contributed by atoms with E-state index in [1.807, 2.05) is 6.92 Å². The number of amides is 1. The fourth-order valence-electron chi connectivity index (χ4n) is 3.51. The van der Waals surface area contributed by atoms with Crippen molar-refractivity contribution in [2.45, 2.75) is 25.3 Å². The lowest BCUT2D eigenvalue weighted by molar-refractivity contribution is -0.128. The largest absolute Gasteiger partial charge is 0.495 e. The SMILES string of the molecule is CCOc1ccc(N(CC(=O)N(C)Cc2ccccc2F)S(=O)(=O)c2cc(C)ccc2OC)cc1. The average molecular weight is 501 g/mol. The van der Waals surface area contributed by atoms with Crippen LogP contribution in [-0.4, -0.2) is 46.5 Å². The van der Waals surface area contributed by atoms with Gasteiger partial charge in [0.1, 0.15) is 28.8 Å². The number of hydrogen-bond donors (Lipinski definition) is 0. The van der Waals surface area contributed by atoms with Crippen molar-refractivity contribution in [3.05, 3.63) is 83.7 Å². The molecule has 3 aromatic carbocycles. The lowest BCUT2D eigenvalue weighted by atomic mass is 10.2. The van der Waals surface area contributed by atoms with Gasteiger partial charge in [0.15, 0.2) is 0 Å². The van der Waals surface area contributed by atoms with Crippen LogP contribution < -0.4 is 13.8 Å². The van der Waals surface area contributed by atoms with E-state index in [-0.39, 0.29) is 22.9 Å². The van der Waals surface area contributed by atoms with Crippen LogP contribution in [0.5, 0.6) is 11.5 Å². The Kier molecular flexibility index (Phi) is 8.34. The topological polar surface area (TPSA) is 76.2 Å². The van der Waals surface area contributed by atoms with E-state index in [9.17, 15) is 17.6 Å². The number of aryl methyl sites for hydroxylation is 1. The van der Waals surface area contributed by atoms with E-state index in [4.69, 9.17) is 9.47 Å². The summed E-state index contributed by atoms with van der Waals surface area (Å²) >= 11 is 0. The molecule has 0 radical (unpaired) electrons. The van der Waals surface area contributed by atoms with E-state index in [0.29, 0.717) is 17.9 Å². The van der Waals surface area contributed by atoms with Gasteiger partial charge in [0.25, 0.3) is 10.0 Å². The second-order valence-corrected chi connectivity index (χ2v) is 9.76. The van der Waals surface area contributed by atoms with Gasteiger partial charge in [0.2, 0.25) is 5.91 Å². The van der Waals surface area contributed by atoms with Crippen molar-refractivity contribution in [1.82, 2.24) is 4.90 Å². The Morgan fingerprint density at radius 2 is 1.71 bits per heavy atom. The summed E-state index contributed by atoms with van der Waals surface area (Å²) in [5.74, 6) is -0.201. The summed E-state index contributed by atoms with van der Waals surface area (Å²) in [6, 6.07) is 17.4. The zero-order valence-electron chi connectivity index (χ0n) is 20.2. The minimum Gasteiger partial charge on any atom is -0.495 e. The predicted octanol–water partition coefficient (Wildman–Crippen LogP) is 4.40. The maximum Gasteiger partial charge on any atom is 0.268 e. The Bertz CT molecular complexity index is 1280. The van der Waals surface area contributed by atoms with E-state index in [0.717, 1.165) is 9.87 Å². The average Bonchev–Trinajstić information content (AvgIpc) is 2.84. The van der Waals surface area contributed by atoms with Gasteiger partial charge in [-0.15, -0.1) is 0 Å². The van der Waals surface area contributed by atoms with Crippen molar-refractivity contribution < 1.29 is 27.1 Å². The van der Waals surface area contributed by atoms with Gasteiger partial charge in [0.05, 0.1) is 19.4 Å². The minimum atomic E-state index is -4.21. The number of nitrogens with zero attached hydrogens (tertiary/aromatic N) is 2. The van der Waals surface area contributed by atoms with E-state index < -0.39 is 28.3 Å². The second kappa shape index (κ2) is 11.2. The summed E-state index contributed by atoms with van der Waals surface area (Å²) in [5, 5.41) is 0. The fourth-order valence-corrected chi connectivity index (χ4v) is 5.17. The monoisotopic (exact) mass is 500 g/mol. The number of anilines is 1. The zero-order valence-corrected chi connectivity index (χ0v) is 21.0. The Labute approximate surface area is 205 Å². The molecule has 0 fully saturated rings. The van der Waals surface area contributed by atoms with Gasteiger partial charge < -0.3 is 14.4 Å². The number of benzene rings is 3. The molecule has 186 valence electrons. The van der Waals surface area contributed by atoms with Crippen LogP contribution in [0.15, 0.2) is 71.6 Å². The highest BCUT2D eigenvalue weighted by molar-refractivity contribution is 7.93. The highest BCUT2D eigenvalue weighted by atomic mass is 32.2. The summed E-state index contributed by atoms with van der Waals surface area (Å²) in [6.07, 6.45) is 0. The number of carbonyl (C=O) groups excluding carboxylic acids is 1. The number of halogens is 1. The molecule has 0 aromatic heterocycles. The third-order valence-electron chi connectivity index (χ3n) is 5.39. The van der Waals surface area contributed by atoms with Crippen molar-refractivity contribution >= 4 is 21.6 Å². The maximum absolute atomic E-state index is 14.1. The highest BCUT2D eigenvalue weighted by Crippen LogP contribution is 2.32. The van der Waals surface area contributed by atoms with Crippen LogP contribution in [0.4, 0.5) is 10.1 Å². The number of ether oxygens (including phenoxy) is 2. The lowest BCUT2D eigenvalue weighted by Gasteiger charge is -2.27. The van der Waals surface area contributed by atoms with Gasteiger partial charge in [0, 0.05) is 19.2 Å². The molecule has 0 aliphatic carbocycles. The molecule has 0 bridgehead atoms. The first-order valence-corrected chi connectivity index (χ1v) is 12.5. The van der Waals surface area contributed by atoms with Crippen LogP contribution >= 0.6 is 0 Å². The number of methoxy groups -OCH3 is 1. The molecule has 0 aliphatic rings. The Balaban J connectivity index is 1.99. The molecule has 7 nitrogen and oxygen atoms in total. The Morgan fingerprint density at radius 1 is 1.03 bits per heavy atom. The molecular formula is C26H29FN2O5S. The fraction of sp³-hybridized carbons (Fsp3) is 0.269. The van der Waals surface area contributed by atoms with Gasteiger partial charge in [-0.05, 0) is 61.9 Å². The molecule has 0 atom stereocenters. The van der Waals surface area contributed by atoms with Crippen LogP contribution in [-0.2, 0) is 21.4 Å². The molecule has 3 aromatic rings. The standard InChI is InChI=1S/C26H29FN2O5S/c1-5-34-22-13-11-21(12-14-22)29(35(31,32)25-16-19(2)10-15-24(25)33-4)18-26(30)28(3)17-20-8-6-7-9-23(20)27/h6-16H,5,17-18H2,1-4H3. The summed E-state index contributed by atoms with van der Waals surface area (Å²) < 4.78 is 53.6. The summed E-state index contributed by atoms with van der Waals surface area (Å²) in [6.45, 7) is 3.59. The first-order chi connectivity index (χ1) is 16.7. The molecule has 0 aliphatic heterocycles. The number of hydrogen-bond acceptors (Lipinski definition) is 5. The molecule has 0 N–H and O–H groups in total. The van der Waals surface area contributed by atoms with Gasteiger partial charge in [-0.25, -0.2) is 12.8 Å². The molecular weight excluding hydrogens is 471 g/mol. The lowest BCUT2D eigenvalue weighted by Crippen LogP contribution is -2.41. The van der Waals surface area contributed by atoms with Gasteiger partial charge in [-0.3, -0.25) is 9.10 Å². The molecule has 0 unspecified atom stereocenters. The Hall–Kier alpha value is -3.59. The normalized spacial score (nSPS) is 11.1. The molecule has 35 heavy (non-hydrogen) atoms. The molecule has 1 amide bonds. The minimum absolute atomic E-state index is 0.00353. The number of rotatable bonds is 10. The van der Waals surface area contributed by atoms with Gasteiger partial charge in [-0.2, -0.15) is 0 Å². The van der Waals surface area contributed by atoms with Crippen LogP contribution in [0, 0.1) is 12.7 Å². The van der Waals surface area contributed by atoms with Crippen LogP contribution in [0.1, 0.15) is 18.1 Å². The van der Waals surface area contributed by atoms with E-state index >= 15 is 0 Å². The van der Waals surface area contributed by atoms with Gasteiger partial charge in [-0.1, -0.05) is 24.3 Å². The van der Waals surface area contributed by atoms with Crippen molar-refractivity contribution in [3.63, 3.8) is 0 Å².